The van der Waals surface area contributed by atoms with E-state index in [0.29, 0.717) is 17.0 Å². The fraction of sp³-hybridized carbons (Fsp3) is 0.250. The summed E-state index contributed by atoms with van der Waals surface area (Å²) in [6, 6.07) is 15.7. The van der Waals surface area contributed by atoms with Gasteiger partial charge < -0.3 is 19.7 Å². The largest absolute Gasteiger partial charge is 0.497 e. The molecule has 0 saturated heterocycles. The molecule has 7 nitrogen and oxygen atoms in total. The van der Waals surface area contributed by atoms with Gasteiger partial charge in [0, 0.05) is 12.6 Å². The Labute approximate surface area is 158 Å². The standard InChI is InChI=1S/C20H21N3O4/c1-15(24)23(10-11-27-19-8-6-18(26-2)7-9-19)14-20(25)22-17-5-3-4-16(12-17)13-21/h3-9,12H,10-11,14H2,1-2H3,(H,22,25). The third-order valence-electron chi connectivity index (χ3n) is 3.74. The van der Waals surface area contributed by atoms with Gasteiger partial charge in [-0.3, -0.25) is 9.59 Å². The third-order valence-corrected chi connectivity index (χ3v) is 3.74. The molecule has 7 heteroatoms. The van der Waals surface area contributed by atoms with E-state index >= 15 is 0 Å². The number of hydrogen-bond acceptors (Lipinski definition) is 5. The minimum atomic E-state index is -0.343. The van der Waals surface area contributed by atoms with Crippen LogP contribution in [0.3, 0.4) is 0 Å². The van der Waals surface area contributed by atoms with Gasteiger partial charge in [0.05, 0.1) is 31.8 Å². The van der Waals surface area contributed by atoms with Gasteiger partial charge in [0.2, 0.25) is 11.8 Å². The number of amides is 2. The predicted octanol–water partition coefficient (Wildman–Crippen LogP) is 2.43. The molecule has 0 saturated carbocycles. The summed E-state index contributed by atoms with van der Waals surface area (Å²) in [5.41, 5.74) is 0.959. The number of anilines is 1. The number of carbonyl (C=O) groups excluding carboxylic acids is 2. The number of nitriles is 1. The van der Waals surface area contributed by atoms with Crippen molar-refractivity contribution in [2.45, 2.75) is 6.92 Å². The zero-order valence-electron chi connectivity index (χ0n) is 15.3. The number of methoxy groups -OCH3 is 1. The first-order valence-corrected chi connectivity index (χ1v) is 8.34. The van der Waals surface area contributed by atoms with Crippen molar-refractivity contribution in [3.05, 3.63) is 54.1 Å². The molecule has 0 radical (unpaired) electrons. The van der Waals surface area contributed by atoms with Gasteiger partial charge in [-0.05, 0) is 42.5 Å². The second-order valence-electron chi connectivity index (χ2n) is 5.71. The first-order chi connectivity index (χ1) is 13.0. The molecule has 0 aromatic heterocycles. The molecular formula is C20H21N3O4. The van der Waals surface area contributed by atoms with Gasteiger partial charge >= 0.3 is 0 Å². The highest BCUT2D eigenvalue weighted by Crippen LogP contribution is 2.17. The number of nitrogens with one attached hydrogen (secondary N) is 1. The van der Waals surface area contributed by atoms with E-state index in [2.05, 4.69) is 5.32 Å². The zero-order chi connectivity index (χ0) is 19.6. The lowest BCUT2D eigenvalue weighted by Crippen LogP contribution is -2.39. The zero-order valence-corrected chi connectivity index (χ0v) is 15.3. The summed E-state index contributed by atoms with van der Waals surface area (Å²) in [5, 5.41) is 11.6. The lowest BCUT2D eigenvalue weighted by atomic mass is 10.2. The Morgan fingerprint density at radius 3 is 2.48 bits per heavy atom. The predicted molar refractivity (Wildman–Crippen MR) is 101 cm³/mol. The number of rotatable bonds is 8. The lowest BCUT2D eigenvalue weighted by molar-refractivity contribution is -0.133. The van der Waals surface area contributed by atoms with E-state index in [1.165, 1.54) is 11.8 Å². The number of ether oxygens (including phenoxy) is 2. The average molecular weight is 367 g/mol. The molecular weight excluding hydrogens is 346 g/mol. The topological polar surface area (TPSA) is 91.7 Å². The summed E-state index contributed by atoms with van der Waals surface area (Å²) < 4.78 is 10.7. The second kappa shape index (κ2) is 9.82. The lowest BCUT2D eigenvalue weighted by Gasteiger charge is -2.20. The summed E-state index contributed by atoms with van der Waals surface area (Å²) in [7, 11) is 1.59. The molecule has 0 heterocycles. The van der Waals surface area contributed by atoms with Gasteiger partial charge in [-0.25, -0.2) is 0 Å². The normalized spacial score (nSPS) is 9.81. The highest BCUT2D eigenvalue weighted by molar-refractivity contribution is 5.94. The van der Waals surface area contributed by atoms with Gasteiger partial charge in [-0.15, -0.1) is 0 Å². The van der Waals surface area contributed by atoms with Gasteiger partial charge in [0.15, 0.2) is 0 Å². The van der Waals surface area contributed by atoms with Crippen LogP contribution in [0.5, 0.6) is 11.5 Å². The van der Waals surface area contributed by atoms with E-state index < -0.39 is 0 Å². The highest BCUT2D eigenvalue weighted by Gasteiger charge is 2.14. The van der Waals surface area contributed by atoms with Gasteiger partial charge in [0.1, 0.15) is 18.1 Å². The summed E-state index contributed by atoms with van der Waals surface area (Å²) in [5.74, 6) is 0.806. The summed E-state index contributed by atoms with van der Waals surface area (Å²) in [6.07, 6.45) is 0. The molecule has 0 aliphatic heterocycles. The Hall–Kier alpha value is -3.53. The van der Waals surface area contributed by atoms with Crippen molar-refractivity contribution in [1.82, 2.24) is 4.90 Å². The number of hydrogen-bond donors (Lipinski definition) is 1. The van der Waals surface area contributed by atoms with Crippen LogP contribution >= 0.6 is 0 Å². The summed E-state index contributed by atoms with van der Waals surface area (Å²) >= 11 is 0. The van der Waals surface area contributed by atoms with Crippen LogP contribution in [0.4, 0.5) is 5.69 Å². The van der Waals surface area contributed by atoms with E-state index in [9.17, 15) is 9.59 Å². The quantitative estimate of drug-likeness (QED) is 0.774. The van der Waals surface area contributed by atoms with E-state index in [1.54, 1.807) is 55.6 Å². The molecule has 2 aromatic carbocycles. The van der Waals surface area contributed by atoms with Crippen LogP contribution < -0.4 is 14.8 Å². The molecule has 140 valence electrons. The summed E-state index contributed by atoms with van der Waals surface area (Å²) in [6.45, 7) is 1.82. The Balaban J connectivity index is 1.85. The molecule has 2 amide bonds. The van der Waals surface area contributed by atoms with Gasteiger partial charge in [-0.2, -0.15) is 5.26 Å². The van der Waals surface area contributed by atoms with Crippen molar-refractivity contribution in [2.75, 3.05) is 32.1 Å². The van der Waals surface area contributed by atoms with E-state index in [-0.39, 0.29) is 31.5 Å². The van der Waals surface area contributed by atoms with Gasteiger partial charge in [0.25, 0.3) is 0 Å². The number of carbonyl (C=O) groups is 2. The molecule has 0 spiro atoms. The van der Waals surface area contributed by atoms with Crippen molar-refractivity contribution in [3.8, 4) is 17.6 Å². The molecule has 0 atom stereocenters. The maximum atomic E-state index is 12.2. The molecule has 0 unspecified atom stereocenters. The Morgan fingerprint density at radius 2 is 1.85 bits per heavy atom. The minimum Gasteiger partial charge on any atom is -0.497 e. The van der Waals surface area contributed by atoms with Crippen molar-refractivity contribution >= 4 is 17.5 Å². The number of nitrogens with zero attached hydrogens (tertiary/aromatic N) is 2. The van der Waals surface area contributed by atoms with Crippen LogP contribution in [-0.4, -0.2) is 43.5 Å². The van der Waals surface area contributed by atoms with Crippen molar-refractivity contribution in [1.29, 1.82) is 5.26 Å². The van der Waals surface area contributed by atoms with E-state index in [1.807, 2.05) is 6.07 Å². The number of benzene rings is 2. The van der Waals surface area contributed by atoms with Crippen molar-refractivity contribution in [2.24, 2.45) is 0 Å². The molecule has 27 heavy (non-hydrogen) atoms. The fourth-order valence-corrected chi connectivity index (χ4v) is 2.33. The smallest absolute Gasteiger partial charge is 0.243 e. The molecule has 0 bridgehead atoms. The molecule has 0 aliphatic rings. The third kappa shape index (κ3) is 6.36. The van der Waals surface area contributed by atoms with Crippen LogP contribution in [0, 0.1) is 11.3 Å². The maximum absolute atomic E-state index is 12.2. The Morgan fingerprint density at radius 1 is 1.15 bits per heavy atom. The highest BCUT2D eigenvalue weighted by atomic mass is 16.5. The Kier molecular flexibility index (Phi) is 7.20. The van der Waals surface area contributed by atoms with Crippen molar-refractivity contribution in [3.63, 3.8) is 0 Å². The molecule has 1 N–H and O–H groups in total. The van der Waals surface area contributed by atoms with Crippen molar-refractivity contribution < 1.29 is 19.1 Å². The molecule has 2 aromatic rings. The monoisotopic (exact) mass is 367 g/mol. The molecule has 0 aliphatic carbocycles. The second-order valence-corrected chi connectivity index (χ2v) is 5.71. The van der Waals surface area contributed by atoms with Crippen LogP contribution in [0.25, 0.3) is 0 Å². The SMILES string of the molecule is COc1ccc(OCCN(CC(=O)Nc2cccc(C#N)c2)C(C)=O)cc1. The van der Waals surface area contributed by atoms with Crippen LogP contribution in [0.15, 0.2) is 48.5 Å². The molecule has 2 rings (SSSR count). The van der Waals surface area contributed by atoms with Crippen LogP contribution in [0.2, 0.25) is 0 Å². The first kappa shape index (κ1) is 19.8. The molecule has 0 fully saturated rings. The first-order valence-electron chi connectivity index (χ1n) is 8.34. The van der Waals surface area contributed by atoms with E-state index in [0.717, 1.165) is 5.75 Å². The van der Waals surface area contributed by atoms with Crippen LogP contribution in [-0.2, 0) is 9.59 Å². The average Bonchev–Trinajstić information content (AvgIpc) is 2.67. The minimum absolute atomic E-state index is 0.0991. The Bertz CT molecular complexity index is 828. The maximum Gasteiger partial charge on any atom is 0.243 e. The van der Waals surface area contributed by atoms with E-state index in [4.69, 9.17) is 14.7 Å². The fourth-order valence-electron chi connectivity index (χ4n) is 2.33. The summed E-state index contributed by atoms with van der Waals surface area (Å²) in [4.78, 5) is 25.4. The van der Waals surface area contributed by atoms with Gasteiger partial charge in [-0.1, -0.05) is 6.07 Å². The van der Waals surface area contributed by atoms with Crippen LogP contribution in [0.1, 0.15) is 12.5 Å².